The Balaban J connectivity index is 2.11. The van der Waals surface area contributed by atoms with Crippen molar-refractivity contribution >= 4 is 34.1 Å². The third kappa shape index (κ3) is 3.75. The Bertz CT molecular complexity index is 1140. The molecule has 0 saturated heterocycles. The second kappa shape index (κ2) is 7.31. The minimum atomic E-state index is -4.59. The van der Waals surface area contributed by atoms with Crippen LogP contribution in [0.25, 0.3) is 10.9 Å². The predicted octanol–water partition coefficient (Wildman–Crippen LogP) is 5.25. The molecule has 3 aromatic rings. The topological polar surface area (TPSA) is 51.1 Å². The molecule has 2 aromatic carbocycles. The molecule has 28 heavy (non-hydrogen) atoms. The Morgan fingerprint density at radius 2 is 1.89 bits per heavy atom. The summed E-state index contributed by atoms with van der Waals surface area (Å²) in [6.45, 7) is 3.94. The van der Waals surface area contributed by atoms with Gasteiger partial charge in [-0.25, -0.2) is 0 Å². The highest BCUT2D eigenvalue weighted by molar-refractivity contribution is 6.31. The number of pyridine rings is 1. The number of benzene rings is 2. The normalized spacial score (nSPS) is 11.6. The summed E-state index contributed by atoms with van der Waals surface area (Å²) in [6, 6.07) is 7.81. The molecule has 1 N–H and O–H groups in total. The number of anilines is 1. The highest BCUT2D eigenvalue weighted by atomic mass is 35.5. The minimum absolute atomic E-state index is 0.161. The van der Waals surface area contributed by atoms with E-state index in [2.05, 4.69) is 5.32 Å². The number of fused-ring (bicyclic) bond motifs is 1. The number of rotatable bonds is 3. The van der Waals surface area contributed by atoms with Crippen LogP contribution in [0.3, 0.4) is 0 Å². The van der Waals surface area contributed by atoms with Crippen LogP contribution in [0.5, 0.6) is 0 Å². The fraction of sp³-hybridized carbons (Fsp3) is 0.200. The average molecular weight is 409 g/mol. The van der Waals surface area contributed by atoms with Crippen LogP contribution in [-0.4, -0.2) is 10.5 Å². The first kappa shape index (κ1) is 19.9. The minimum Gasteiger partial charge on any atom is -0.347 e. The van der Waals surface area contributed by atoms with Crippen molar-refractivity contribution in [1.82, 2.24) is 4.57 Å². The molecule has 0 atom stereocenters. The van der Waals surface area contributed by atoms with Gasteiger partial charge in [-0.2, -0.15) is 13.2 Å². The first-order chi connectivity index (χ1) is 13.1. The molecule has 0 aliphatic rings. The van der Waals surface area contributed by atoms with Crippen molar-refractivity contribution < 1.29 is 18.0 Å². The van der Waals surface area contributed by atoms with Crippen molar-refractivity contribution in [2.45, 2.75) is 26.6 Å². The van der Waals surface area contributed by atoms with Gasteiger partial charge in [0.05, 0.1) is 11.1 Å². The van der Waals surface area contributed by atoms with E-state index in [0.717, 1.165) is 17.7 Å². The van der Waals surface area contributed by atoms with Gasteiger partial charge in [-0.1, -0.05) is 17.7 Å². The first-order valence-electron chi connectivity index (χ1n) is 8.43. The largest absolute Gasteiger partial charge is 0.416 e. The number of aryl methyl sites for hydroxylation is 2. The molecule has 146 valence electrons. The molecule has 0 fully saturated rings. The fourth-order valence-electron chi connectivity index (χ4n) is 2.87. The third-order valence-corrected chi connectivity index (χ3v) is 4.83. The molecule has 0 radical (unpaired) electrons. The van der Waals surface area contributed by atoms with Crippen LogP contribution in [0.15, 0.2) is 47.4 Å². The Kier molecular flexibility index (Phi) is 5.21. The summed E-state index contributed by atoms with van der Waals surface area (Å²) in [5.41, 5.74) is -0.421. The lowest BCUT2D eigenvalue weighted by Crippen LogP contribution is -2.24. The van der Waals surface area contributed by atoms with Gasteiger partial charge in [0, 0.05) is 28.8 Å². The molecule has 0 aliphatic heterocycles. The van der Waals surface area contributed by atoms with Crippen molar-refractivity contribution in [1.29, 1.82) is 0 Å². The Labute approximate surface area is 163 Å². The number of hydrogen-bond acceptors (Lipinski definition) is 2. The van der Waals surface area contributed by atoms with Crippen LogP contribution in [0.2, 0.25) is 5.02 Å². The van der Waals surface area contributed by atoms with Crippen molar-refractivity contribution in [3.63, 3.8) is 0 Å². The van der Waals surface area contributed by atoms with Gasteiger partial charge in [-0.05, 0) is 49.7 Å². The maximum absolute atomic E-state index is 13.0. The van der Waals surface area contributed by atoms with Gasteiger partial charge < -0.3 is 9.88 Å². The number of alkyl halides is 3. The van der Waals surface area contributed by atoms with Crippen LogP contribution >= 0.6 is 11.6 Å². The molecule has 1 heterocycles. The molecule has 1 aromatic heterocycles. The van der Waals surface area contributed by atoms with Gasteiger partial charge in [-0.3, -0.25) is 9.59 Å². The van der Waals surface area contributed by atoms with Crippen LogP contribution in [0.1, 0.15) is 28.4 Å². The van der Waals surface area contributed by atoms with Gasteiger partial charge in [0.15, 0.2) is 0 Å². The fourth-order valence-corrected chi connectivity index (χ4v) is 3.05. The second-order valence-electron chi connectivity index (χ2n) is 6.31. The van der Waals surface area contributed by atoms with Gasteiger partial charge in [0.2, 0.25) is 5.43 Å². The molecule has 3 rings (SSSR count). The van der Waals surface area contributed by atoms with E-state index in [9.17, 15) is 22.8 Å². The third-order valence-electron chi connectivity index (χ3n) is 4.42. The maximum atomic E-state index is 13.0. The summed E-state index contributed by atoms with van der Waals surface area (Å²) >= 11 is 6.04. The van der Waals surface area contributed by atoms with Gasteiger partial charge >= 0.3 is 6.18 Å². The summed E-state index contributed by atoms with van der Waals surface area (Å²) in [5.74, 6) is -0.716. The molecular formula is C20H16ClF3N2O2. The SMILES string of the molecule is CCn1cc(C(=O)Nc2ccc(C)c(Cl)c2)c(=O)c2cc(C(F)(F)F)ccc21. The van der Waals surface area contributed by atoms with Crippen LogP contribution in [0.4, 0.5) is 18.9 Å². The van der Waals surface area contributed by atoms with Crippen LogP contribution in [-0.2, 0) is 12.7 Å². The first-order valence-corrected chi connectivity index (χ1v) is 8.81. The van der Waals surface area contributed by atoms with E-state index in [1.54, 1.807) is 30.5 Å². The average Bonchev–Trinajstić information content (AvgIpc) is 2.64. The van der Waals surface area contributed by atoms with Crippen LogP contribution in [0, 0.1) is 6.92 Å². The number of carbonyl (C=O) groups excluding carboxylic acids is 1. The molecule has 0 bridgehead atoms. The predicted molar refractivity (Wildman–Crippen MR) is 103 cm³/mol. The Hall–Kier alpha value is -2.80. The molecule has 8 heteroatoms. The van der Waals surface area contributed by atoms with E-state index in [1.807, 2.05) is 0 Å². The number of nitrogens with zero attached hydrogens (tertiary/aromatic N) is 1. The lowest BCUT2D eigenvalue weighted by atomic mass is 10.1. The van der Waals surface area contributed by atoms with Crippen LogP contribution < -0.4 is 10.7 Å². The van der Waals surface area contributed by atoms with Crippen molar-refractivity contribution in [2.24, 2.45) is 0 Å². The summed E-state index contributed by atoms with van der Waals surface area (Å²) in [4.78, 5) is 25.4. The van der Waals surface area contributed by atoms with E-state index < -0.39 is 23.1 Å². The standard InChI is InChI=1S/C20H16ClF3N2O2/c1-3-26-10-15(19(28)25-13-6-4-11(2)16(21)9-13)18(27)14-8-12(20(22,23)24)5-7-17(14)26/h4-10H,3H2,1-2H3,(H,25,28). The molecule has 0 spiro atoms. The summed E-state index contributed by atoms with van der Waals surface area (Å²) < 4.78 is 40.7. The molecule has 1 amide bonds. The smallest absolute Gasteiger partial charge is 0.347 e. The lowest BCUT2D eigenvalue weighted by Gasteiger charge is -2.14. The second-order valence-corrected chi connectivity index (χ2v) is 6.71. The quantitative estimate of drug-likeness (QED) is 0.643. The summed E-state index contributed by atoms with van der Waals surface area (Å²) in [7, 11) is 0. The van der Waals surface area contributed by atoms with E-state index in [1.165, 1.54) is 18.3 Å². The van der Waals surface area contributed by atoms with E-state index in [4.69, 9.17) is 11.6 Å². The number of nitrogens with one attached hydrogen (secondary N) is 1. The van der Waals surface area contributed by atoms with E-state index in [-0.39, 0.29) is 10.9 Å². The lowest BCUT2D eigenvalue weighted by molar-refractivity contribution is -0.137. The highest BCUT2D eigenvalue weighted by Gasteiger charge is 2.31. The van der Waals surface area contributed by atoms with E-state index >= 15 is 0 Å². The van der Waals surface area contributed by atoms with E-state index in [0.29, 0.717) is 22.8 Å². The number of aromatic nitrogens is 1. The number of halogens is 4. The number of hydrogen-bond donors (Lipinski definition) is 1. The van der Waals surface area contributed by atoms with Crippen molar-refractivity contribution in [3.05, 3.63) is 74.5 Å². The highest BCUT2D eigenvalue weighted by Crippen LogP contribution is 2.31. The monoisotopic (exact) mass is 408 g/mol. The Morgan fingerprint density at radius 3 is 2.50 bits per heavy atom. The number of amides is 1. The van der Waals surface area contributed by atoms with Crippen molar-refractivity contribution in [2.75, 3.05) is 5.32 Å². The molecule has 0 unspecified atom stereocenters. The summed E-state index contributed by atoms with van der Waals surface area (Å²) in [5, 5.41) is 2.85. The molecule has 0 saturated carbocycles. The maximum Gasteiger partial charge on any atom is 0.416 e. The molecular weight excluding hydrogens is 393 g/mol. The Morgan fingerprint density at radius 1 is 1.18 bits per heavy atom. The molecule has 4 nitrogen and oxygen atoms in total. The summed E-state index contributed by atoms with van der Waals surface area (Å²) in [6.07, 6.45) is -3.24. The molecule has 0 aliphatic carbocycles. The van der Waals surface area contributed by atoms with Crippen molar-refractivity contribution in [3.8, 4) is 0 Å². The van der Waals surface area contributed by atoms with Gasteiger partial charge in [-0.15, -0.1) is 0 Å². The van der Waals surface area contributed by atoms with Gasteiger partial charge in [0.25, 0.3) is 5.91 Å². The zero-order valence-electron chi connectivity index (χ0n) is 15.0. The van der Waals surface area contributed by atoms with Gasteiger partial charge in [0.1, 0.15) is 5.56 Å². The zero-order valence-corrected chi connectivity index (χ0v) is 15.8. The number of carbonyl (C=O) groups is 1. The zero-order chi connectivity index (χ0) is 20.6.